The summed E-state index contributed by atoms with van der Waals surface area (Å²) in [6, 6.07) is 4.99. The van der Waals surface area contributed by atoms with Crippen molar-refractivity contribution in [1.82, 2.24) is 10.2 Å². The largest absolute Gasteiger partial charge is 0.416 e. The molecule has 1 saturated heterocycles. The van der Waals surface area contributed by atoms with E-state index in [0.29, 0.717) is 13.1 Å². The van der Waals surface area contributed by atoms with Gasteiger partial charge < -0.3 is 10.2 Å². The maximum absolute atomic E-state index is 12.8. The lowest BCUT2D eigenvalue weighted by molar-refractivity contribution is -0.138. The Hall–Kier alpha value is -1.72. The molecule has 0 spiro atoms. The molecule has 1 N–H and O–H groups in total. The lowest BCUT2D eigenvalue weighted by atomic mass is 10.1. The summed E-state index contributed by atoms with van der Waals surface area (Å²) >= 11 is 0. The van der Waals surface area contributed by atoms with Crippen molar-refractivity contribution in [2.75, 3.05) is 13.1 Å². The number of urea groups is 1. The number of rotatable bonds is 2. The first kappa shape index (κ1) is 13.7. The second-order valence-electron chi connectivity index (χ2n) is 4.51. The van der Waals surface area contributed by atoms with Gasteiger partial charge in [0.25, 0.3) is 0 Å². The molecule has 0 saturated carbocycles. The first-order valence-electron chi connectivity index (χ1n) is 6.16. The molecule has 1 heterocycles. The SMILES string of the molecule is O=C(NCc1ccccc1C(F)(F)F)N1CCCC1. The van der Waals surface area contributed by atoms with Gasteiger partial charge in [0.1, 0.15) is 0 Å². The zero-order chi connectivity index (χ0) is 13.9. The van der Waals surface area contributed by atoms with E-state index >= 15 is 0 Å². The van der Waals surface area contributed by atoms with Gasteiger partial charge >= 0.3 is 12.2 Å². The van der Waals surface area contributed by atoms with Gasteiger partial charge in [-0.15, -0.1) is 0 Å². The lowest BCUT2D eigenvalue weighted by Crippen LogP contribution is -2.37. The van der Waals surface area contributed by atoms with Gasteiger partial charge in [-0.1, -0.05) is 18.2 Å². The zero-order valence-electron chi connectivity index (χ0n) is 10.3. The third kappa shape index (κ3) is 3.39. The van der Waals surface area contributed by atoms with Crippen LogP contribution in [0.25, 0.3) is 0 Å². The summed E-state index contributed by atoms with van der Waals surface area (Å²) in [4.78, 5) is 13.3. The normalized spacial score (nSPS) is 15.6. The second-order valence-corrected chi connectivity index (χ2v) is 4.51. The fraction of sp³-hybridized carbons (Fsp3) is 0.462. The van der Waals surface area contributed by atoms with Crippen molar-refractivity contribution in [3.05, 3.63) is 35.4 Å². The Kier molecular flexibility index (Phi) is 3.97. The predicted molar refractivity (Wildman–Crippen MR) is 64.5 cm³/mol. The number of hydrogen-bond donors (Lipinski definition) is 1. The first-order chi connectivity index (χ1) is 8.98. The Balaban J connectivity index is 2.01. The molecule has 3 nitrogen and oxygen atoms in total. The molecule has 1 aromatic rings. The van der Waals surface area contributed by atoms with Crippen LogP contribution in [0.5, 0.6) is 0 Å². The van der Waals surface area contributed by atoms with Crippen molar-refractivity contribution in [2.24, 2.45) is 0 Å². The summed E-state index contributed by atoms with van der Waals surface area (Å²) in [7, 11) is 0. The number of nitrogens with zero attached hydrogens (tertiary/aromatic N) is 1. The molecule has 0 unspecified atom stereocenters. The average Bonchev–Trinajstić information content (AvgIpc) is 2.89. The molecule has 0 aliphatic carbocycles. The number of halogens is 3. The molecule has 0 aromatic heterocycles. The van der Waals surface area contributed by atoms with Gasteiger partial charge in [0, 0.05) is 19.6 Å². The minimum atomic E-state index is -4.39. The fourth-order valence-electron chi connectivity index (χ4n) is 2.15. The number of nitrogens with one attached hydrogen (secondary N) is 1. The molecule has 19 heavy (non-hydrogen) atoms. The van der Waals surface area contributed by atoms with Gasteiger partial charge in [-0.3, -0.25) is 0 Å². The van der Waals surface area contributed by atoms with Crippen LogP contribution in [0, 0.1) is 0 Å². The Morgan fingerprint density at radius 3 is 2.47 bits per heavy atom. The van der Waals surface area contributed by atoms with Gasteiger partial charge in [0.15, 0.2) is 0 Å². The van der Waals surface area contributed by atoms with Crippen LogP contribution in [-0.2, 0) is 12.7 Å². The van der Waals surface area contributed by atoms with Gasteiger partial charge in [-0.05, 0) is 24.5 Å². The van der Waals surface area contributed by atoms with E-state index in [1.165, 1.54) is 18.2 Å². The van der Waals surface area contributed by atoms with Crippen LogP contribution in [0.2, 0.25) is 0 Å². The van der Waals surface area contributed by atoms with Crippen molar-refractivity contribution in [3.8, 4) is 0 Å². The van der Waals surface area contributed by atoms with Gasteiger partial charge in [0.2, 0.25) is 0 Å². The van der Waals surface area contributed by atoms with Crippen LogP contribution in [-0.4, -0.2) is 24.0 Å². The molecule has 0 atom stereocenters. The highest BCUT2D eigenvalue weighted by molar-refractivity contribution is 5.74. The highest BCUT2D eigenvalue weighted by Crippen LogP contribution is 2.31. The molecule has 2 rings (SSSR count). The molecular weight excluding hydrogens is 257 g/mol. The molecule has 1 aliphatic rings. The summed E-state index contributed by atoms with van der Waals surface area (Å²) < 4.78 is 38.3. The maximum Gasteiger partial charge on any atom is 0.416 e. The molecular formula is C13H15F3N2O. The predicted octanol–water partition coefficient (Wildman–Crippen LogP) is 3.01. The molecule has 2 amide bonds. The van der Waals surface area contributed by atoms with Gasteiger partial charge in [-0.25, -0.2) is 4.79 Å². The third-order valence-electron chi connectivity index (χ3n) is 3.15. The van der Waals surface area contributed by atoms with E-state index in [9.17, 15) is 18.0 Å². The second kappa shape index (κ2) is 5.50. The van der Waals surface area contributed by atoms with E-state index in [-0.39, 0.29) is 18.1 Å². The Morgan fingerprint density at radius 1 is 1.21 bits per heavy atom. The van der Waals surface area contributed by atoms with E-state index in [0.717, 1.165) is 18.9 Å². The molecule has 1 aliphatic heterocycles. The van der Waals surface area contributed by atoms with E-state index in [4.69, 9.17) is 0 Å². The highest BCUT2D eigenvalue weighted by atomic mass is 19.4. The van der Waals surface area contributed by atoms with E-state index in [1.54, 1.807) is 4.90 Å². The summed E-state index contributed by atoms with van der Waals surface area (Å²) in [5.41, 5.74) is -0.612. The standard InChI is InChI=1S/C13H15F3N2O/c14-13(15,16)11-6-2-1-5-10(11)9-17-12(19)18-7-3-4-8-18/h1-2,5-6H,3-4,7-9H2,(H,17,19). The van der Waals surface area contributed by atoms with Gasteiger partial charge in [0.05, 0.1) is 5.56 Å². The van der Waals surface area contributed by atoms with Crippen molar-refractivity contribution in [3.63, 3.8) is 0 Å². The van der Waals surface area contributed by atoms with Crippen molar-refractivity contribution in [1.29, 1.82) is 0 Å². The van der Waals surface area contributed by atoms with Crippen LogP contribution in [0.4, 0.5) is 18.0 Å². The number of benzene rings is 1. The molecule has 6 heteroatoms. The number of carbonyl (C=O) groups excluding carboxylic acids is 1. The van der Waals surface area contributed by atoms with Crippen molar-refractivity contribution >= 4 is 6.03 Å². The van der Waals surface area contributed by atoms with Crippen molar-refractivity contribution in [2.45, 2.75) is 25.6 Å². The van der Waals surface area contributed by atoms with Crippen LogP contribution >= 0.6 is 0 Å². The Labute approximate surface area is 109 Å². The quantitative estimate of drug-likeness (QED) is 0.882. The zero-order valence-corrected chi connectivity index (χ0v) is 10.3. The van der Waals surface area contributed by atoms with Crippen molar-refractivity contribution < 1.29 is 18.0 Å². The van der Waals surface area contributed by atoms with Crippen LogP contribution in [0.3, 0.4) is 0 Å². The van der Waals surface area contributed by atoms with Gasteiger partial charge in [-0.2, -0.15) is 13.2 Å². The summed E-state index contributed by atoms with van der Waals surface area (Å²) in [5.74, 6) is 0. The molecule has 1 aromatic carbocycles. The maximum atomic E-state index is 12.8. The summed E-state index contributed by atoms with van der Waals surface area (Å²) in [6.07, 6.45) is -2.49. The fourth-order valence-corrected chi connectivity index (χ4v) is 2.15. The smallest absolute Gasteiger partial charge is 0.334 e. The Morgan fingerprint density at radius 2 is 1.84 bits per heavy atom. The van der Waals surface area contributed by atoms with E-state index in [2.05, 4.69) is 5.32 Å². The molecule has 1 fully saturated rings. The lowest BCUT2D eigenvalue weighted by Gasteiger charge is -2.18. The number of likely N-dealkylation sites (tertiary alicyclic amines) is 1. The third-order valence-corrected chi connectivity index (χ3v) is 3.15. The number of amides is 2. The molecule has 0 bridgehead atoms. The Bertz CT molecular complexity index is 453. The number of carbonyl (C=O) groups is 1. The molecule has 0 radical (unpaired) electrons. The van der Waals surface area contributed by atoms with Crippen LogP contribution in [0.1, 0.15) is 24.0 Å². The number of alkyl halides is 3. The van der Waals surface area contributed by atoms with Crippen LogP contribution < -0.4 is 5.32 Å². The minimum absolute atomic E-state index is 0.0857. The van der Waals surface area contributed by atoms with Crippen LogP contribution in [0.15, 0.2) is 24.3 Å². The van der Waals surface area contributed by atoms with E-state index < -0.39 is 11.7 Å². The number of hydrogen-bond acceptors (Lipinski definition) is 1. The molecule has 104 valence electrons. The minimum Gasteiger partial charge on any atom is -0.334 e. The topological polar surface area (TPSA) is 32.3 Å². The van der Waals surface area contributed by atoms with E-state index in [1.807, 2.05) is 0 Å². The summed E-state index contributed by atoms with van der Waals surface area (Å²) in [5, 5.41) is 2.54. The highest BCUT2D eigenvalue weighted by Gasteiger charge is 2.32. The average molecular weight is 272 g/mol. The first-order valence-corrected chi connectivity index (χ1v) is 6.16. The monoisotopic (exact) mass is 272 g/mol. The summed E-state index contributed by atoms with van der Waals surface area (Å²) in [6.45, 7) is 1.24.